The molecular weight excluding hydrogens is 300 g/mol. The molecule has 1 aromatic carbocycles. The highest BCUT2D eigenvalue weighted by Crippen LogP contribution is 2.12. The minimum Gasteiger partial charge on any atom is -0.342 e. The number of amides is 2. The zero-order chi connectivity index (χ0) is 16.8. The fraction of sp³-hybridized carbons (Fsp3) is 0.400. The molecule has 0 radical (unpaired) electrons. The fourth-order valence-electron chi connectivity index (χ4n) is 2.28. The van der Waals surface area contributed by atoms with Gasteiger partial charge in [0.25, 0.3) is 11.6 Å². The smallest absolute Gasteiger partial charge is 0.271 e. The highest BCUT2D eigenvalue weighted by Gasteiger charge is 2.18. The van der Waals surface area contributed by atoms with Gasteiger partial charge in [0.2, 0.25) is 5.91 Å². The number of nitrogens with zero attached hydrogens (tertiary/aromatic N) is 3. The van der Waals surface area contributed by atoms with Crippen LogP contribution in [0.15, 0.2) is 29.4 Å². The molecule has 1 heterocycles. The van der Waals surface area contributed by atoms with Crippen LogP contribution in [0.5, 0.6) is 0 Å². The first-order valence-electron chi connectivity index (χ1n) is 7.33. The van der Waals surface area contributed by atoms with E-state index in [2.05, 4.69) is 10.5 Å². The molecule has 0 atom stereocenters. The first-order chi connectivity index (χ1) is 11.0. The lowest BCUT2D eigenvalue weighted by molar-refractivity contribution is -0.384. The molecule has 1 saturated heterocycles. The van der Waals surface area contributed by atoms with Crippen molar-refractivity contribution < 1.29 is 14.5 Å². The fourth-order valence-corrected chi connectivity index (χ4v) is 2.28. The Balaban J connectivity index is 1.88. The molecule has 1 aliphatic heterocycles. The number of hydrazone groups is 1. The molecule has 0 aliphatic carbocycles. The molecule has 1 fully saturated rings. The summed E-state index contributed by atoms with van der Waals surface area (Å²) < 4.78 is 0. The highest BCUT2D eigenvalue weighted by atomic mass is 16.6. The topological polar surface area (TPSA) is 105 Å². The monoisotopic (exact) mass is 318 g/mol. The van der Waals surface area contributed by atoms with Crippen LogP contribution in [0.1, 0.15) is 36.5 Å². The first-order valence-corrected chi connectivity index (χ1v) is 7.33. The molecule has 8 heteroatoms. The summed E-state index contributed by atoms with van der Waals surface area (Å²) in [6.07, 6.45) is 2.22. The van der Waals surface area contributed by atoms with Gasteiger partial charge in [0.05, 0.1) is 11.3 Å². The van der Waals surface area contributed by atoms with Crippen molar-refractivity contribution in [3.05, 3.63) is 39.9 Å². The Morgan fingerprint density at radius 3 is 2.43 bits per heavy atom. The van der Waals surface area contributed by atoms with Crippen molar-refractivity contribution in [3.63, 3.8) is 0 Å². The Hall–Kier alpha value is -2.77. The van der Waals surface area contributed by atoms with Crippen molar-refractivity contribution in [1.82, 2.24) is 10.3 Å². The number of hydrogen-bond acceptors (Lipinski definition) is 5. The molecule has 2 amide bonds. The van der Waals surface area contributed by atoms with Gasteiger partial charge in [-0.1, -0.05) is 0 Å². The average molecular weight is 318 g/mol. The lowest BCUT2D eigenvalue weighted by Gasteiger charge is -2.14. The van der Waals surface area contributed by atoms with E-state index in [0.29, 0.717) is 5.71 Å². The van der Waals surface area contributed by atoms with E-state index in [-0.39, 0.29) is 23.6 Å². The van der Waals surface area contributed by atoms with Crippen molar-refractivity contribution in [3.8, 4) is 0 Å². The van der Waals surface area contributed by atoms with Gasteiger partial charge in [0, 0.05) is 36.5 Å². The van der Waals surface area contributed by atoms with Crippen molar-refractivity contribution in [1.29, 1.82) is 0 Å². The maximum atomic E-state index is 11.9. The van der Waals surface area contributed by atoms with Crippen molar-refractivity contribution in [2.45, 2.75) is 26.2 Å². The van der Waals surface area contributed by atoms with E-state index in [1.165, 1.54) is 24.3 Å². The minimum absolute atomic E-state index is 0.00772. The minimum atomic E-state index is -0.534. The van der Waals surface area contributed by atoms with E-state index < -0.39 is 10.8 Å². The van der Waals surface area contributed by atoms with E-state index in [1.807, 2.05) is 0 Å². The second kappa shape index (κ2) is 7.48. The number of nitro groups is 1. The van der Waals surface area contributed by atoms with Crippen molar-refractivity contribution in [2.75, 3.05) is 13.1 Å². The summed E-state index contributed by atoms with van der Waals surface area (Å²) >= 11 is 0. The van der Waals surface area contributed by atoms with Crippen LogP contribution in [0.2, 0.25) is 0 Å². The molecule has 23 heavy (non-hydrogen) atoms. The molecule has 0 saturated carbocycles. The van der Waals surface area contributed by atoms with Gasteiger partial charge in [0.1, 0.15) is 0 Å². The quantitative estimate of drug-likeness (QED) is 0.507. The van der Waals surface area contributed by atoms with E-state index in [4.69, 9.17) is 0 Å². The molecule has 0 unspecified atom stereocenters. The predicted octanol–water partition coefficient (Wildman–Crippen LogP) is 1.71. The van der Waals surface area contributed by atoms with Crippen LogP contribution in [-0.4, -0.2) is 40.4 Å². The molecule has 2 rings (SSSR count). The third kappa shape index (κ3) is 4.60. The summed E-state index contributed by atoms with van der Waals surface area (Å²) in [6.45, 7) is 3.23. The van der Waals surface area contributed by atoms with Gasteiger partial charge in [-0.2, -0.15) is 5.10 Å². The number of hydrogen-bond donors (Lipinski definition) is 1. The van der Waals surface area contributed by atoms with Gasteiger partial charge in [-0.25, -0.2) is 5.43 Å². The number of carbonyl (C=O) groups excluding carboxylic acids is 2. The van der Waals surface area contributed by atoms with Crippen LogP contribution in [0, 0.1) is 10.1 Å². The Kier molecular flexibility index (Phi) is 5.40. The van der Waals surface area contributed by atoms with Crippen LogP contribution in [0.25, 0.3) is 0 Å². The number of carbonyl (C=O) groups is 2. The summed E-state index contributed by atoms with van der Waals surface area (Å²) in [5.74, 6) is -0.471. The maximum Gasteiger partial charge on any atom is 0.271 e. The molecule has 1 N–H and O–H groups in total. The summed E-state index contributed by atoms with van der Waals surface area (Å²) in [6, 6.07) is 5.21. The number of benzene rings is 1. The van der Waals surface area contributed by atoms with Gasteiger partial charge in [0.15, 0.2) is 0 Å². The third-order valence-corrected chi connectivity index (χ3v) is 3.55. The second-order valence-electron chi connectivity index (χ2n) is 5.36. The lowest BCUT2D eigenvalue weighted by atomic mass is 10.2. The largest absolute Gasteiger partial charge is 0.342 e. The molecule has 1 aromatic rings. The van der Waals surface area contributed by atoms with E-state index >= 15 is 0 Å². The van der Waals surface area contributed by atoms with Crippen molar-refractivity contribution in [2.24, 2.45) is 5.10 Å². The summed E-state index contributed by atoms with van der Waals surface area (Å²) in [4.78, 5) is 35.6. The molecule has 122 valence electrons. The third-order valence-electron chi connectivity index (χ3n) is 3.55. The summed E-state index contributed by atoms with van der Waals surface area (Å²) in [5, 5.41) is 14.5. The normalized spacial score (nSPS) is 14.7. The highest BCUT2D eigenvalue weighted by molar-refractivity contribution is 6.01. The second-order valence-corrected chi connectivity index (χ2v) is 5.36. The maximum absolute atomic E-state index is 11.9. The Bertz CT molecular complexity index is 633. The van der Waals surface area contributed by atoms with Gasteiger partial charge in [-0.15, -0.1) is 0 Å². The molecule has 0 bridgehead atoms. The zero-order valence-electron chi connectivity index (χ0n) is 12.8. The zero-order valence-corrected chi connectivity index (χ0v) is 12.8. The Labute approximate surface area is 133 Å². The number of rotatable bonds is 5. The average Bonchev–Trinajstić information content (AvgIpc) is 3.07. The molecule has 8 nitrogen and oxygen atoms in total. The van der Waals surface area contributed by atoms with Crippen molar-refractivity contribution >= 4 is 23.2 Å². The molecule has 0 spiro atoms. The Morgan fingerprint density at radius 2 is 1.87 bits per heavy atom. The van der Waals surface area contributed by atoms with Gasteiger partial charge in [-0.3, -0.25) is 19.7 Å². The molecule has 0 aromatic heterocycles. The summed E-state index contributed by atoms with van der Waals surface area (Å²) in [7, 11) is 0. The van der Waals surface area contributed by atoms with E-state index in [0.717, 1.165) is 25.9 Å². The van der Waals surface area contributed by atoms with Crippen LogP contribution in [0.4, 0.5) is 5.69 Å². The van der Waals surface area contributed by atoms with Gasteiger partial charge < -0.3 is 4.90 Å². The molecule has 1 aliphatic rings. The SMILES string of the molecule is C/C(CC(=O)N1CCCC1)=N/NC(=O)c1ccc([N+](=O)[O-])cc1. The lowest BCUT2D eigenvalue weighted by Crippen LogP contribution is -2.29. The Morgan fingerprint density at radius 1 is 1.26 bits per heavy atom. The first kappa shape index (κ1) is 16.6. The van der Waals surface area contributed by atoms with E-state index in [9.17, 15) is 19.7 Å². The number of non-ortho nitro benzene ring substituents is 1. The van der Waals surface area contributed by atoms with Gasteiger partial charge >= 0.3 is 0 Å². The van der Waals surface area contributed by atoms with Crippen LogP contribution >= 0.6 is 0 Å². The van der Waals surface area contributed by atoms with Crippen LogP contribution < -0.4 is 5.43 Å². The van der Waals surface area contributed by atoms with Crippen LogP contribution in [-0.2, 0) is 4.79 Å². The predicted molar refractivity (Wildman–Crippen MR) is 84.1 cm³/mol. The summed E-state index contributed by atoms with van der Waals surface area (Å²) in [5.41, 5.74) is 3.04. The standard InChI is InChI=1S/C15H18N4O4/c1-11(10-14(20)18-8-2-3-9-18)16-17-15(21)12-4-6-13(7-5-12)19(22)23/h4-7H,2-3,8-10H2,1H3,(H,17,21)/b16-11-. The number of likely N-dealkylation sites (tertiary alicyclic amines) is 1. The molecular formula is C15H18N4O4. The van der Waals surface area contributed by atoms with E-state index in [1.54, 1.807) is 11.8 Å². The van der Waals surface area contributed by atoms with Gasteiger partial charge in [-0.05, 0) is 31.9 Å². The number of nitro benzene ring substituents is 1. The number of nitrogens with one attached hydrogen (secondary N) is 1. The van der Waals surface area contributed by atoms with Crippen LogP contribution in [0.3, 0.4) is 0 Å².